The van der Waals surface area contributed by atoms with Gasteiger partial charge in [-0.1, -0.05) is 23.2 Å². The first-order chi connectivity index (χ1) is 11.6. The van der Waals surface area contributed by atoms with Crippen molar-refractivity contribution in [2.75, 3.05) is 40.0 Å². The molecule has 0 saturated carbocycles. The van der Waals surface area contributed by atoms with Crippen LogP contribution in [-0.4, -0.2) is 50.8 Å². The van der Waals surface area contributed by atoms with Crippen molar-refractivity contribution in [2.24, 2.45) is 10.9 Å². The minimum atomic E-state index is -0.309. The Morgan fingerprint density at radius 3 is 2.54 bits per heavy atom. The SMILES string of the molecule is CN=C(NCCCF)N1CCC(COc2cc(Cl)cc(Cl)c2)CC1. The first-order valence-electron chi connectivity index (χ1n) is 8.23. The van der Waals surface area contributed by atoms with Crippen LogP contribution >= 0.6 is 23.2 Å². The van der Waals surface area contributed by atoms with E-state index in [4.69, 9.17) is 27.9 Å². The fourth-order valence-corrected chi connectivity index (χ4v) is 3.24. The molecule has 0 radical (unpaired) electrons. The van der Waals surface area contributed by atoms with Crippen molar-refractivity contribution < 1.29 is 9.13 Å². The molecule has 0 bridgehead atoms. The van der Waals surface area contributed by atoms with Crippen LogP contribution in [0.15, 0.2) is 23.2 Å². The quantitative estimate of drug-likeness (QED) is 0.463. The van der Waals surface area contributed by atoms with Crippen LogP contribution in [0.5, 0.6) is 5.75 Å². The van der Waals surface area contributed by atoms with Crippen LogP contribution in [-0.2, 0) is 0 Å². The second-order valence-electron chi connectivity index (χ2n) is 5.86. The van der Waals surface area contributed by atoms with Gasteiger partial charge in [-0.2, -0.15) is 0 Å². The van der Waals surface area contributed by atoms with Gasteiger partial charge in [0.15, 0.2) is 5.96 Å². The molecule has 7 heteroatoms. The number of ether oxygens (including phenoxy) is 1. The van der Waals surface area contributed by atoms with Crippen LogP contribution in [0.2, 0.25) is 10.0 Å². The summed E-state index contributed by atoms with van der Waals surface area (Å²) in [6.45, 7) is 2.79. The lowest BCUT2D eigenvalue weighted by atomic mass is 9.98. The molecule has 24 heavy (non-hydrogen) atoms. The van der Waals surface area contributed by atoms with E-state index in [-0.39, 0.29) is 6.67 Å². The van der Waals surface area contributed by atoms with Gasteiger partial charge in [0.25, 0.3) is 0 Å². The molecule has 4 nitrogen and oxygen atoms in total. The van der Waals surface area contributed by atoms with Gasteiger partial charge in [-0.25, -0.2) is 0 Å². The Kier molecular flexibility index (Phi) is 7.92. The van der Waals surface area contributed by atoms with E-state index in [1.807, 2.05) is 0 Å². The predicted octanol–water partition coefficient (Wildman–Crippen LogP) is 4.02. The molecule has 1 fully saturated rings. The molecular weight excluding hydrogens is 352 g/mol. The number of piperidine rings is 1. The van der Waals surface area contributed by atoms with Crippen molar-refractivity contribution in [1.82, 2.24) is 10.2 Å². The number of halogens is 3. The first-order valence-corrected chi connectivity index (χ1v) is 8.98. The molecular formula is C17H24Cl2FN3O. The summed E-state index contributed by atoms with van der Waals surface area (Å²) in [5.41, 5.74) is 0. The molecule has 0 amide bonds. The summed E-state index contributed by atoms with van der Waals surface area (Å²) >= 11 is 12.0. The van der Waals surface area contributed by atoms with Crippen molar-refractivity contribution in [2.45, 2.75) is 19.3 Å². The number of nitrogens with one attached hydrogen (secondary N) is 1. The van der Waals surface area contributed by atoms with Crippen LogP contribution in [0.25, 0.3) is 0 Å². The summed E-state index contributed by atoms with van der Waals surface area (Å²) in [4.78, 5) is 6.48. The second-order valence-corrected chi connectivity index (χ2v) is 6.74. The highest BCUT2D eigenvalue weighted by Crippen LogP contribution is 2.25. The Morgan fingerprint density at radius 1 is 1.29 bits per heavy atom. The third kappa shape index (κ3) is 6.02. The third-order valence-electron chi connectivity index (χ3n) is 4.04. The largest absolute Gasteiger partial charge is 0.493 e. The molecule has 0 spiro atoms. The van der Waals surface area contributed by atoms with E-state index in [9.17, 15) is 4.39 Å². The number of benzene rings is 1. The molecule has 1 aromatic rings. The highest BCUT2D eigenvalue weighted by atomic mass is 35.5. The maximum Gasteiger partial charge on any atom is 0.193 e. The minimum absolute atomic E-state index is 0.309. The van der Waals surface area contributed by atoms with E-state index < -0.39 is 0 Å². The van der Waals surface area contributed by atoms with E-state index in [1.54, 1.807) is 25.2 Å². The lowest BCUT2D eigenvalue weighted by Crippen LogP contribution is -2.46. The van der Waals surface area contributed by atoms with Crippen LogP contribution in [0.3, 0.4) is 0 Å². The zero-order valence-corrected chi connectivity index (χ0v) is 15.4. The number of alkyl halides is 1. The monoisotopic (exact) mass is 375 g/mol. The van der Waals surface area contributed by atoms with E-state index in [1.165, 1.54) is 0 Å². The standard InChI is InChI=1S/C17H24Cl2FN3O/c1-21-17(22-6-2-5-20)23-7-3-13(4-8-23)12-24-16-10-14(18)9-15(19)11-16/h9-11,13H,2-8,12H2,1H3,(H,21,22). The first kappa shape index (κ1) is 19.1. The molecule has 134 valence electrons. The van der Waals surface area contributed by atoms with Crippen molar-refractivity contribution in [3.05, 3.63) is 28.2 Å². The molecule has 1 N–H and O–H groups in total. The fraction of sp³-hybridized carbons (Fsp3) is 0.588. The second kappa shape index (κ2) is 9.94. The van der Waals surface area contributed by atoms with Gasteiger partial charge in [0.2, 0.25) is 0 Å². The number of guanidine groups is 1. The highest BCUT2D eigenvalue weighted by Gasteiger charge is 2.22. The van der Waals surface area contributed by atoms with Crippen molar-refractivity contribution in [3.63, 3.8) is 0 Å². The minimum Gasteiger partial charge on any atom is -0.493 e. The lowest BCUT2D eigenvalue weighted by Gasteiger charge is -2.34. The van der Waals surface area contributed by atoms with Crippen LogP contribution < -0.4 is 10.1 Å². The lowest BCUT2D eigenvalue weighted by molar-refractivity contribution is 0.179. The Morgan fingerprint density at radius 2 is 1.96 bits per heavy atom. The molecule has 1 aliphatic heterocycles. The molecule has 1 aliphatic rings. The van der Waals surface area contributed by atoms with Gasteiger partial charge in [-0.05, 0) is 43.4 Å². The maximum atomic E-state index is 12.2. The zero-order valence-electron chi connectivity index (χ0n) is 13.9. The molecule has 1 heterocycles. The maximum absolute atomic E-state index is 12.2. The van der Waals surface area contributed by atoms with E-state index in [0.29, 0.717) is 41.3 Å². The highest BCUT2D eigenvalue weighted by molar-refractivity contribution is 6.34. The van der Waals surface area contributed by atoms with Crippen LogP contribution in [0.4, 0.5) is 4.39 Å². The molecule has 2 rings (SSSR count). The Balaban J connectivity index is 1.76. The number of nitrogens with zero attached hydrogens (tertiary/aromatic N) is 2. The number of aliphatic imine (C=N–C) groups is 1. The number of rotatable bonds is 6. The Hall–Kier alpha value is -1.20. The van der Waals surface area contributed by atoms with Gasteiger partial charge in [0.1, 0.15) is 5.75 Å². The molecule has 0 atom stereocenters. The van der Waals surface area contributed by atoms with Crippen molar-refractivity contribution in [3.8, 4) is 5.75 Å². The summed E-state index contributed by atoms with van der Waals surface area (Å²) in [5.74, 6) is 2.05. The Labute approximate surface area is 153 Å². The third-order valence-corrected chi connectivity index (χ3v) is 4.48. The predicted molar refractivity (Wildman–Crippen MR) is 98.2 cm³/mol. The molecule has 0 aromatic heterocycles. The van der Waals surface area contributed by atoms with Gasteiger partial charge in [-0.3, -0.25) is 9.38 Å². The van der Waals surface area contributed by atoms with E-state index in [0.717, 1.165) is 31.9 Å². The fourth-order valence-electron chi connectivity index (χ4n) is 2.74. The van der Waals surface area contributed by atoms with Crippen LogP contribution in [0.1, 0.15) is 19.3 Å². The molecule has 0 unspecified atom stereocenters. The van der Waals surface area contributed by atoms with Gasteiger partial charge in [-0.15, -0.1) is 0 Å². The summed E-state index contributed by atoms with van der Waals surface area (Å²) in [6, 6.07) is 5.24. The Bertz CT molecular complexity index is 528. The van der Waals surface area contributed by atoms with Gasteiger partial charge in [0, 0.05) is 36.7 Å². The molecule has 1 aromatic carbocycles. The van der Waals surface area contributed by atoms with Crippen LogP contribution in [0, 0.1) is 5.92 Å². The average Bonchev–Trinajstić information content (AvgIpc) is 2.57. The number of hydrogen-bond donors (Lipinski definition) is 1. The number of likely N-dealkylation sites (tertiary alicyclic amines) is 1. The van der Waals surface area contributed by atoms with Gasteiger partial charge >= 0.3 is 0 Å². The zero-order chi connectivity index (χ0) is 17.4. The summed E-state index contributed by atoms with van der Waals surface area (Å²) in [5, 5.41) is 4.36. The molecule has 0 aliphatic carbocycles. The summed E-state index contributed by atoms with van der Waals surface area (Å²) in [6.07, 6.45) is 2.56. The smallest absolute Gasteiger partial charge is 0.193 e. The number of hydrogen-bond acceptors (Lipinski definition) is 2. The van der Waals surface area contributed by atoms with Crippen molar-refractivity contribution >= 4 is 29.2 Å². The van der Waals surface area contributed by atoms with E-state index in [2.05, 4.69) is 15.2 Å². The topological polar surface area (TPSA) is 36.9 Å². The van der Waals surface area contributed by atoms with Crippen molar-refractivity contribution in [1.29, 1.82) is 0 Å². The normalized spacial score (nSPS) is 16.3. The summed E-state index contributed by atoms with van der Waals surface area (Å²) < 4.78 is 18.0. The van der Waals surface area contributed by atoms with Gasteiger partial charge in [0.05, 0.1) is 13.3 Å². The van der Waals surface area contributed by atoms with Gasteiger partial charge < -0.3 is 15.0 Å². The summed E-state index contributed by atoms with van der Waals surface area (Å²) in [7, 11) is 1.76. The molecule has 1 saturated heterocycles. The average molecular weight is 376 g/mol. The van der Waals surface area contributed by atoms with E-state index >= 15 is 0 Å².